The summed E-state index contributed by atoms with van der Waals surface area (Å²) in [6.07, 6.45) is 18.2. The summed E-state index contributed by atoms with van der Waals surface area (Å²) >= 11 is 0. The zero-order valence-electron chi connectivity index (χ0n) is 14.8. The lowest BCUT2D eigenvalue weighted by molar-refractivity contribution is -0.137. The van der Waals surface area contributed by atoms with Crippen LogP contribution in [-0.2, 0) is 9.59 Å². The predicted molar refractivity (Wildman–Crippen MR) is 97.9 cm³/mol. The number of aliphatic carboxylic acids is 1. The third-order valence-corrected chi connectivity index (χ3v) is 3.56. The Kier molecular flexibility index (Phi) is 15.1. The lowest BCUT2D eigenvalue weighted by Gasteiger charge is -2.04. The Morgan fingerprint density at radius 1 is 0.917 bits per heavy atom. The molecule has 1 unspecified atom stereocenters. The largest absolute Gasteiger partial charge is 0.481 e. The third kappa shape index (κ3) is 15.2. The van der Waals surface area contributed by atoms with E-state index in [-0.39, 0.29) is 25.0 Å². The molecule has 136 valence electrons. The number of Topliss-reactive ketones (excluding diaryl/α,β-unsaturated/α-hetero) is 1. The van der Waals surface area contributed by atoms with Gasteiger partial charge < -0.3 is 10.2 Å². The minimum Gasteiger partial charge on any atom is -0.481 e. The Labute approximate surface area is 146 Å². The van der Waals surface area contributed by atoms with E-state index in [2.05, 4.69) is 19.1 Å². The number of carboxylic acids is 1. The number of rotatable bonds is 15. The van der Waals surface area contributed by atoms with Crippen LogP contribution in [-0.4, -0.2) is 28.1 Å². The van der Waals surface area contributed by atoms with Crippen molar-refractivity contribution in [3.63, 3.8) is 0 Å². The smallest absolute Gasteiger partial charge is 0.303 e. The maximum Gasteiger partial charge on any atom is 0.303 e. The van der Waals surface area contributed by atoms with Gasteiger partial charge in [-0.3, -0.25) is 9.59 Å². The molecular formula is C20H32O4. The van der Waals surface area contributed by atoms with Gasteiger partial charge in [-0.25, -0.2) is 0 Å². The number of carbonyl (C=O) groups excluding carboxylic acids is 1. The molecular weight excluding hydrogens is 304 g/mol. The average molecular weight is 336 g/mol. The quantitative estimate of drug-likeness (QED) is 0.339. The van der Waals surface area contributed by atoms with Crippen LogP contribution in [0.3, 0.4) is 0 Å². The highest BCUT2D eigenvalue weighted by molar-refractivity contribution is 5.84. The van der Waals surface area contributed by atoms with Crippen molar-refractivity contribution in [1.29, 1.82) is 0 Å². The maximum atomic E-state index is 11.7. The van der Waals surface area contributed by atoms with Crippen molar-refractivity contribution in [2.75, 3.05) is 0 Å². The number of aliphatic hydroxyl groups excluding tert-OH is 1. The summed E-state index contributed by atoms with van der Waals surface area (Å²) in [6, 6.07) is 0. The van der Waals surface area contributed by atoms with Gasteiger partial charge in [0.2, 0.25) is 0 Å². The molecule has 0 fully saturated rings. The van der Waals surface area contributed by atoms with E-state index in [0.717, 1.165) is 12.8 Å². The molecule has 4 nitrogen and oxygen atoms in total. The van der Waals surface area contributed by atoms with Gasteiger partial charge >= 0.3 is 5.97 Å². The lowest BCUT2D eigenvalue weighted by atomic mass is 10.1. The minimum absolute atomic E-state index is 0.143. The van der Waals surface area contributed by atoms with Crippen LogP contribution >= 0.6 is 0 Å². The van der Waals surface area contributed by atoms with Crippen molar-refractivity contribution in [1.82, 2.24) is 0 Å². The SMILES string of the molecule is CCCCC/C=C\C/C=C\CC(=O)C(O)C/C=C\CCCC(=O)O. The highest BCUT2D eigenvalue weighted by Gasteiger charge is 2.10. The van der Waals surface area contributed by atoms with E-state index in [4.69, 9.17) is 5.11 Å². The standard InChI is InChI=1S/C20H32O4/c1-2-3-4-5-6-7-8-9-12-15-18(21)19(22)16-13-10-11-14-17-20(23)24/h6-7,9-10,12-13,19,22H,2-5,8,11,14-17H2,1H3,(H,23,24)/b7-6-,12-9-,13-10-. The second kappa shape index (κ2) is 16.2. The van der Waals surface area contributed by atoms with Gasteiger partial charge in [-0.1, -0.05) is 56.2 Å². The fourth-order valence-electron chi connectivity index (χ4n) is 2.08. The van der Waals surface area contributed by atoms with E-state index in [1.165, 1.54) is 19.3 Å². The van der Waals surface area contributed by atoms with Crippen LogP contribution in [0.2, 0.25) is 0 Å². The van der Waals surface area contributed by atoms with Crippen LogP contribution in [0.15, 0.2) is 36.5 Å². The summed E-state index contributed by atoms with van der Waals surface area (Å²) in [7, 11) is 0. The van der Waals surface area contributed by atoms with Crippen molar-refractivity contribution in [3.05, 3.63) is 36.5 Å². The number of carboxylic acid groups (broad SMARTS) is 1. The van der Waals surface area contributed by atoms with Gasteiger partial charge in [0.05, 0.1) is 0 Å². The molecule has 0 radical (unpaired) electrons. The molecule has 0 saturated carbocycles. The number of hydrogen-bond donors (Lipinski definition) is 2. The summed E-state index contributed by atoms with van der Waals surface area (Å²) in [6.45, 7) is 2.19. The van der Waals surface area contributed by atoms with Crippen LogP contribution in [0, 0.1) is 0 Å². The van der Waals surface area contributed by atoms with Crippen molar-refractivity contribution in [2.45, 2.75) is 77.2 Å². The Bertz CT molecular complexity index is 421. The molecule has 0 amide bonds. The van der Waals surface area contributed by atoms with E-state index in [1.807, 2.05) is 12.2 Å². The molecule has 0 saturated heterocycles. The first-order valence-corrected chi connectivity index (χ1v) is 8.95. The predicted octanol–water partition coefficient (Wildman–Crippen LogP) is 4.59. The number of allylic oxidation sites excluding steroid dienone is 5. The second-order valence-electron chi connectivity index (χ2n) is 5.85. The van der Waals surface area contributed by atoms with Gasteiger partial charge in [0.25, 0.3) is 0 Å². The average Bonchev–Trinajstić information content (AvgIpc) is 2.55. The molecule has 0 aromatic heterocycles. The minimum atomic E-state index is -0.977. The second-order valence-corrected chi connectivity index (χ2v) is 5.85. The van der Waals surface area contributed by atoms with Crippen LogP contribution in [0.4, 0.5) is 0 Å². The fourth-order valence-corrected chi connectivity index (χ4v) is 2.08. The molecule has 0 aromatic carbocycles. The van der Waals surface area contributed by atoms with Crippen LogP contribution in [0.25, 0.3) is 0 Å². The summed E-state index contributed by atoms with van der Waals surface area (Å²) in [5, 5.41) is 18.2. The van der Waals surface area contributed by atoms with Crippen LogP contribution in [0.5, 0.6) is 0 Å². The molecule has 4 heteroatoms. The zero-order valence-corrected chi connectivity index (χ0v) is 14.8. The topological polar surface area (TPSA) is 74.6 Å². The molecule has 2 N–H and O–H groups in total. The van der Waals surface area contributed by atoms with Gasteiger partial charge in [-0.15, -0.1) is 0 Å². The van der Waals surface area contributed by atoms with Crippen LogP contribution < -0.4 is 0 Å². The van der Waals surface area contributed by atoms with Gasteiger partial charge in [-0.2, -0.15) is 0 Å². The Balaban J connectivity index is 3.72. The number of ketones is 1. The monoisotopic (exact) mass is 336 g/mol. The molecule has 0 aliphatic carbocycles. The first-order chi connectivity index (χ1) is 11.6. The van der Waals surface area contributed by atoms with E-state index in [1.54, 1.807) is 12.2 Å². The Morgan fingerprint density at radius 2 is 1.58 bits per heavy atom. The number of unbranched alkanes of at least 4 members (excludes halogenated alkanes) is 4. The molecule has 0 aliphatic rings. The molecule has 0 aliphatic heterocycles. The van der Waals surface area contributed by atoms with Crippen molar-refractivity contribution >= 4 is 11.8 Å². The molecule has 1 atom stereocenters. The Morgan fingerprint density at radius 3 is 2.29 bits per heavy atom. The van der Waals surface area contributed by atoms with Crippen molar-refractivity contribution in [2.24, 2.45) is 0 Å². The fraction of sp³-hybridized carbons (Fsp3) is 0.600. The van der Waals surface area contributed by atoms with E-state index < -0.39 is 12.1 Å². The Hall–Kier alpha value is -1.68. The zero-order chi connectivity index (χ0) is 18.0. The number of carbonyl (C=O) groups is 2. The van der Waals surface area contributed by atoms with Crippen molar-refractivity contribution < 1.29 is 19.8 Å². The van der Waals surface area contributed by atoms with E-state index >= 15 is 0 Å². The lowest BCUT2D eigenvalue weighted by Crippen LogP contribution is -2.18. The first-order valence-electron chi connectivity index (χ1n) is 8.95. The number of aliphatic hydroxyl groups is 1. The number of hydrogen-bond acceptors (Lipinski definition) is 3. The maximum absolute atomic E-state index is 11.7. The third-order valence-electron chi connectivity index (χ3n) is 3.56. The molecule has 0 heterocycles. The van der Waals surface area contributed by atoms with Gasteiger partial charge in [-0.05, 0) is 38.5 Å². The summed E-state index contributed by atoms with van der Waals surface area (Å²) in [4.78, 5) is 22.1. The van der Waals surface area contributed by atoms with E-state index in [9.17, 15) is 14.7 Å². The van der Waals surface area contributed by atoms with Crippen LogP contribution in [0.1, 0.15) is 71.1 Å². The summed E-state index contributed by atoms with van der Waals surface area (Å²) in [5.74, 6) is -0.991. The van der Waals surface area contributed by atoms with Gasteiger partial charge in [0.15, 0.2) is 5.78 Å². The molecule has 0 rings (SSSR count). The van der Waals surface area contributed by atoms with Crippen molar-refractivity contribution in [3.8, 4) is 0 Å². The molecule has 0 bridgehead atoms. The molecule has 0 aromatic rings. The van der Waals surface area contributed by atoms with Gasteiger partial charge in [0.1, 0.15) is 6.10 Å². The molecule has 24 heavy (non-hydrogen) atoms. The highest BCUT2D eigenvalue weighted by atomic mass is 16.4. The van der Waals surface area contributed by atoms with E-state index in [0.29, 0.717) is 12.8 Å². The highest BCUT2D eigenvalue weighted by Crippen LogP contribution is 2.04. The molecule has 0 spiro atoms. The van der Waals surface area contributed by atoms with Gasteiger partial charge in [0, 0.05) is 12.8 Å². The summed E-state index contributed by atoms with van der Waals surface area (Å²) < 4.78 is 0. The normalized spacial score (nSPS) is 13.2. The first kappa shape index (κ1) is 22.3. The summed E-state index contributed by atoms with van der Waals surface area (Å²) in [5.41, 5.74) is 0.